The van der Waals surface area contributed by atoms with Crippen LogP contribution in [0.4, 0.5) is 4.39 Å². The lowest BCUT2D eigenvalue weighted by atomic mass is 10.2. The monoisotopic (exact) mass is 416 g/mol. The van der Waals surface area contributed by atoms with Crippen molar-refractivity contribution in [3.63, 3.8) is 0 Å². The van der Waals surface area contributed by atoms with Gasteiger partial charge in [0.25, 0.3) is 5.91 Å². The number of amides is 1. The van der Waals surface area contributed by atoms with Gasteiger partial charge in [0, 0.05) is 23.0 Å². The molecule has 0 spiro atoms. The lowest BCUT2D eigenvalue weighted by molar-refractivity contribution is 0.0724. The summed E-state index contributed by atoms with van der Waals surface area (Å²) < 4.78 is 19.2. The molecule has 0 aliphatic heterocycles. The zero-order chi connectivity index (χ0) is 19.5. The van der Waals surface area contributed by atoms with Crippen LogP contribution in [0.1, 0.15) is 33.9 Å². The Hall–Kier alpha value is -2.44. The highest BCUT2D eigenvalue weighted by Crippen LogP contribution is 2.30. The van der Waals surface area contributed by atoms with Crippen LogP contribution in [0.3, 0.4) is 0 Å². The fourth-order valence-corrected chi connectivity index (χ4v) is 3.69. The minimum absolute atomic E-state index is 0.124. The number of nitrogens with zero attached hydrogens (tertiary/aromatic N) is 2. The Kier molecular flexibility index (Phi) is 5.59. The average molecular weight is 417 g/mol. The van der Waals surface area contributed by atoms with E-state index in [1.165, 1.54) is 23.5 Å². The van der Waals surface area contributed by atoms with Crippen molar-refractivity contribution in [2.75, 3.05) is 0 Å². The lowest BCUT2D eigenvalue weighted by Gasteiger charge is -2.21. The summed E-state index contributed by atoms with van der Waals surface area (Å²) in [5, 5.41) is 3.12. The number of benzene rings is 2. The van der Waals surface area contributed by atoms with Crippen LogP contribution in [-0.4, -0.2) is 21.8 Å². The fraction of sp³-hybridized carbons (Fsp3) is 0.238. The van der Waals surface area contributed by atoms with Gasteiger partial charge < -0.3 is 9.64 Å². The van der Waals surface area contributed by atoms with Gasteiger partial charge in [0.2, 0.25) is 0 Å². The predicted octanol–water partition coefficient (Wildman–Crippen LogP) is 5.32. The second-order valence-corrected chi connectivity index (χ2v) is 8.04. The van der Waals surface area contributed by atoms with E-state index in [2.05, 4.69) is 4.98 Å². The zero-order valence-corrected chi connectivity index (χ0v) is 16.5. The first-order valence-corrected chi connectivity index (χ1v) is 10.2. The molecule has 3 aromatic rings. The van der Waals surface area contributed by atoms with E-state index in [9.17, 15) is 9.18 Å². The summed E-state index contributed by atoms with van der Waals surface area (Å²) in [7, 11) is 0. The van der Waals surface area contributed by atoms with Crippen LogP contribution in [0, 0.1) is 5.82 Å². The molecule has 1 fully saturated rings. The van der Waals surface area contributed by atoms with Gasteiger partial charge >= 0.3 is 0 Å². The van der Waals surface area contributed by atoms with Crippen molar-refractivity contribution < 1.29 is 13.9 Å². The van der Waals surface area contributed by atoms with E-state index in [4.69, 9.17) is 16.3 Å². The van der Waals surface area contributed by atoms with E-state index >= 15 is 0 Å². The molecule has 0 radical (unpaired) electrons. The van der Waals surface area contributed by atoms with Crippen LogP contribution in [0.2, 0.25) is 5.02 Å². The highest BCUT2D eigenvalue weighted by molar-refractivity contribution is 7.09. The molecule has 2 aromatic carbocycles. The standard InChI is InChI=1S/C21H18ClFN2O2S/c22-15-4-8-18(9-5-15)27-12-20-24-19(13-28-20)21(26)25(17-6-7-17)11-14-2-1-3-16(23)10-14/h1-5,8-10,13,17H,6-7,11-12H2. The Morgan fingerprint density at radius 1 is 1.25 bits per heavy atom. The molecule has 28 heavy (non-hydrogen) atoms. The summed E-state index contributed by atoms with van der Waals surface area (Å²) in [6, 6.07) is 13.7. The number of hydrogen-bond acceptors (Lipinski definition) is 4. The molecule has 0 atom stereocenters. The molecule has 0 N–H and O–H groups in total. The second kappa shape index (κ2) is 8.29. The Labute approximate surface area is 171 Å². The van der Waals surface area contributed by atoms with Gasteiger partial charge in [-0.15, -0.1) is 11.3 Å². The smallest absolute Gasteiger partial charge is 0.273 e. The van der Waals surface area contributed by atoms with Crippen molar-refractivity contribution in [1.29, 1.82) is 0 Å². The topological polar surface area (TPSA) is 42.4 Å². The molecule has 4 rings (SSSR count). The molecule has 1 amide bonds. The summed E-state index contributed by atoms with van der Waals surface area (Å²) in [6.07, 6.45) is 1.94. The maximum Gasteiger partial charge on any atom is 0.273 e. The third-order valence-corrected chi connectivity index (χ3v) is 5.51. The van der Waals surface area contributed by atoms with Crippen molar-refractivity contribution in [3.8, 4) is 5.75 Å². The zero-order valence-electron chi connectivity index (χ0n) is 15.0. The third-order valence-electron chi connectivity index (χ3n) is 4.44. The fourth-order valence-electron chi connectivity index (χ4n) is 2.88. The number of ether oxygens (including phenoxy) is 1. The first-order chi connectivity index (χ1) is 13.6. The van der Waals surface area contributed by atoms with Crippen LogP contribution in [0.15, 0.2) is 53.9 Å². The van der Waals surface area contributed by atoms with Gasteiger partial charge in [-0.1, -0.05) is 23.7 Å². The quantitative estimate of drug-likeness (QED) is 0.523. The van der Waals surface area contributed by atoms with Gasteiger partial charge in [0.05, 0.1) is 0 Å². The Bertz CT molecular complexity index is 973. The van der Waals surface area contributed by atoms with E-state index in [0.29, 0.717) is 23.0 Å². The maximum atomic E-state index is 13.5. The van der Waals surface area contributed by atoms with E-state index in [0.717, 1.165) is 23.4 Å². The van der Waals surface area contributed by atoms with Crippen LogP contribution in [0.25, 0.3) is 0 Å². The average Bonchev–Trinajstić information content (AvgIpc) is 3.42. The van der Waals surface area contributed by atoms with Gasteiger partial charge in [-0.05, 0) is 54.8 Å². The SMILES string of the molecule is O=C(c1csc(COc2ccc(Cl)cc2)n1)N(Cc1cccc(F)c1)C1CC1. The largest absolute Gasteiger partial charge is 0.486 e. The van der Waals surface area contributed by atoms with Gasteiger partial charge in [0.15, 0.2) is 0 Å². The number of thiazole rings is 1. The van der Waals surface area contributed by atoms with Crippen LogP contribution < -0.4 is 4.74 Å². The molecule has 4 nitrogen and oxygen atoms in total. The Morgan fingerprint density at radius 2 is 2.04 bits per heavy atom. The minimum Gasteiger partial charge on any atom is -0.486 e. The first-order valence-electron chi connectivity index (χ1n) is 8.96. The highest BCUT2D eigenvalue weighted by Gasteiger charge is 2.34. The summed E-state index contributed by atoms with van der Waals surface area (Å²) in [6.45, 7) is 0.669. The normalized spacial score (nSPS) is 13.4. The van der Waals surface area contributed by atoms with Crippen LogP contribution >= 0.6 is 22.9 Å². The van der Waals surface area contributed by atoms with Crippen LogP contribution in [0.5, 0.6) is 5.75 Å². The minimum atomic E-state index is -0.295. The maximum absolute atomic E-state index is 13.5. The lowest BCUT2D eigenvalue weighted by Crippen LogP contribution is -2.32. The second-order valence-electron chi connectivity index (χ2n) is 6.66. The molecule has 1 aliphatic carbocycles. The van der Waals surface area contributed by atoms with E-state index < -0.39 is 0 Å². The molecule has 144 valence electrons. The van der Waals surface area contributed by atoms with Gasteiger partial charge in [-0.2, -0.15) is 0 Å². The summed E-state index contributed by atoms with van der Waals surface area (Å²) >= 11 is 7.25. The van der Waals surface area contributed by atoms with Gasteiger partial charge in [-0.3, -0.25) is 4.79 Å². The Balaban J connectivity index is 1.42. The molecule has 0 bridgehead atoms. The molecule has 1 saturated carbocycles. The van der Waals surface area contributed by atoms with Gasteiger partial charge in [0.1, 0.15) is 28.9 Å². The number of hydrogen-bond donors (Lipinski definition) is 0. The number of rotatable bonds is 7. The molecular formula is C21H18ClFN2O2S. The summed E-state index contributed by atoms with van der Waals surface area (Å²) in [5.41, 5.74) is 1.18. The molecule has 1 aliphatic rings. The van der Waals surface area contributed by atoms with E-state index in [1.807, 2.05) is 6.07 Å². The van der Waals surface area contributed by atoms with Crippen molar-refractivity contribution in [1.82, 2.24) is 9.88 Å². The number of carbonyl (C=O) groups excluding carboxylic acids is 1. The van der Waals surface area contributed by atoms with Gasteiger partial charge in [-0.25, -0.2) is 9.37 Å². The predicted molar refractivity (Wildman–Crippen MR) is 107 cm³/mol. The molecule has 1 aromatic heterocycles. The van der Waals surface area contributed by atoms with Crippen LogP contribution in [-0.2, 0) is 13.2 Å². The van der Waals surface area contributed by atoms with Crippen molar-refractivity contribution in [3.05, 3.63) is 81.0 Å². The molecule has 0 saturated heterocycles. The van der Waals surface area contributed by atoms with Crippen molar-refractivity contribution in [2.24, 2.45) is 0 Å². The highest BCUT2D eigenvalue weighted by atomic mass is 35.5. The van der Waals surface area contributed by atoms with E-state index in [1.54, 1.807) is 40.6 Å². The number of aromatic nitrogens is 1. The molecule has 7 heteroatoms. The van der Waals surface area contributed by atoms with E-state index in [-0.39, 0.29) is 24.4 Å². The first kappa shape index (κ1) is 18.9. The summed E-state index contributed by atoms with van der Waals surface area (Å²) in [5.74, 6) is 0.273. The number of carbonyl (C=O) groups is 1. The van der Waals surface area contributed by atoms with Crippen molar-refractivity contribution in [2.45, 2.75) is 32.0 Å². The molecule has 0 unspecified atom stereocenters. The Morgan fingerprint density at radius 3 is 2.75 bits per heavy atom. The number of halogens is 2. The van der Waals surface area contributed by atoms with Crippen molar-refractivity contribution >= 4 is 28.8 Å². The third kappa shape index (κ3) is 4.69. The molecular weight excluding hydrogens is 399 g/mol. The molecule has 1 heterocycles. The summed E-state index contributed by atoms with van der Waals surface area (Å²) in [4.78, 5) is 19.2.